The maximum atomic E-state index is 12.9. The van der Waals surface area contributed by atoms with Gasteiger partial charge >= 0.3 is 0 Å². The zero-order valence-corrected chi connectivity index (χ0v) is 10.8. The Morgan fingerprint density at radius 1 is 1.37 bits per heavy atom. The second kappa shape index (κ2) is 4.89. The molecule has 0 unspecified atom stereocenters. The van der Waals surface area contributed by atoms with Gasteiger partial charge < -0.3 is 5.73 Å². The van der Waals surface area contributed by atoms with Gasteiger partial charge in [-0.05, 0) is 24.3 Å². The molecule has 4 nitrogen and oxygen atoms in total. The highest BCUT2D eigenvalue weighted by molar-refractivity contribution is 7.98. The van der Waals surface area contributed by atoms with E-state index in [-0.39, 0.29) is 5.82 Å². The van der Waals surface area contributed by atoms with Gasteiger partial charge in [-0.25, -0.2) is 14.4 Å². The summed E-state index contributed by atoms with van der Waals surface area (Å²) in [6.45, 7) is 0. The minimum atomic E-state index is -0.321. The molecule has 3 aromatic rings. The fourth-order valence-electron chi connectivity index (χ4n) is 1.75. The van der Waals surface area contributed by atoms with Gasteiger partial charge in [0.1, 0.15) is 5.82 Å². The van der Waals surface area contributed by atoms with Gasteiger partial charge in [0.25, 0.3) is 0 Å². The highest BCUT2D eigenvalue weighted by atomic mass is 32.2. The van der Waals surface area contributed by atoms with Crippen molar-refractivity contribution in [1.82, 2.24) is 14.4 Å². The molecule has 19 heavy (non-hydrogen) atoms. The van der Waals surface area contributed by atoms with Crippen LogP contribution in [0.25, 0.3) is 5.78 Å². The van der Waals surface area contributed by atoms with Crippen LogP contribution in [0.4, 0.5) is 10.1 Å². The highest BCUT2D eigenvalue weighted by Gasteiger charge is 2.05. The molecule has 96 valence electrons. The lowest BCUT2D eigenvalue weighted by Gasteiger charge is -2.03. The molecule has 0 fully saturated rings. The number of halogens is 1. The van der Waals surface area contributed by atoms with Crippen LogP contribution in [0, 0.1) is 5.82 Å². The van der Waals surface area contributed by atoms with Crippen molar-refractivity contribution >= 4 is 23.2 Å². The number of benzene rings is 1. The van der Waals surface area contributed by atoms with Crippen LogP contribution in [0.15, 0.2) is 47.8 Å². The summed E-state index contributed by atoms with van der Waals surface area (Å²) < 4.78 is 14.8. The Labute approximate surface area is 113 Å². The predicted molar refractivity (Wildman–Crippen MR) is 73.4 cm³/mol. The van der Waals surface area contributed by atoms with Crippen molar-refractivity contribution in [2.45, 2.75) is 10.6 Å². The Kier molecular flexibility index (Phi) is 3.08. The van der Waals surface area contributed by atoms with E-state index < -0.39 is 0 Å². The number of nitrogens with zero attached hydrogens (tertiary/aromatic N) is 3. The van der Waals surface area contributed by atoms with Crippen molar-refractivity contribution in [3.63, 3.8) is 0 Å². The maximum absolute atomic E-state index is 12.9. The first-order valence-electron chi connectivity index (χ1n) is 5.69. The summed E-state index contributed by atoms with van der Waals surface area (Å²) in [5.74, 6) is 1.02. The van der Waals surface area contributed by atoms with Crippen LogP contribution in [0.3, 0.4) is 0 Å². The number of aromatic nitrogens is 3. The van der Waals surface area contributed by atoms with Crippen molar-refractivity contribution in [2.75, 3.05) is 5.73 Å². The monoisotopic (exact) mass is 274 g/mol. The summed E-state index contributed by atoms with van der Waals surface area (Å²) in [6, 6.07) is 6.27. The minimum absolute atomic E-state index is 0.321. The summed E-state index contributed by atoms with van der Waals surface area (Å²) >= 11 is 1.53. The topological polar surface area (TPSA) is 56.2 Å². The number of nitrogens with two attached hydrogens (primary N) is 1. The van der Waals surface area contributed by atoms with Crippen LogP contribution in [-0.2, 0) is 5.75 Å². The second-order valence-corrected chi connectivity index (χ2v) is 5.05. The van der Waals surface area contributed by atoms with E-state index >= 15 is 0 Å². The van der Waals surface area contributed by atoms with E-state index in [9.17, 15) is 4.39 Å². The number of fused-ring (bicyclic) bond motifs is 1. The summed E-state index contributed by atoms with van der Waals surface area (Å²) in [4.78, 5) is 9.40. The van der Waals surface area contributed by atoms with E-state index in [4.69, 9.17) is 5.73 Å². The number of rotatable bonds is 3. The van der Waals surface area contributed by atoms with Crippen molar-refractivity contribution in [3.05, 3.63) is 54.4 Å². The average Bonchev–Trinajstić information content (AvgIpc) is 2.80. The zero-order chi connectivity index (χ0) is 13.2. The minimum Gasteiger partial charge on any atom is -0.398 e. The van der Waals surface area contributed by atoms with E-state index in [0.717, 1.165) is 10.6 Å². The average molecular weight is 274 g/mol. The molecule has 0 amide bonds. The van der Waals surface area contributed by atoms with E-state index in [1.54, 1.807) is 12.3 Å². The molecule has 3 rings (SSSR count). The first kappa shape index (κ1) is 12.0. The van der Waals surface area contributed by atoms with Gasteiger partial charge in [0.05, 0.1) is 5.69 Å². The van der Waals surface area contributed by atoms with Gasteiger partial charge in [-0.15, -0.1) is 11.8 Å². The highest BCUT2D eigenvalue weighted by Crippen LogP contribution is 2.28. The molecule has 0 spiro atoms. The zero-order valence-electron chi connectivity index (χ0n) is 9.95. The quantitative estimate of drug-likeness (QED) is 0.589. The fourth-order valence-corrected chi connectivity index (χ4v) is 2.58. The van der Waals surface area contributed by atoms with Gasteiger partial charge in [-0.3, -0.25) is 4.40 Å². The summed E-state index contributed by atoms with van der Waals surface area (Å²) in [6.07, 6.45) is 5.53. The maximum Gasteiger partial charge on any atom is 0.233 e. The summed E-state index contributed by atoms with van der Waals surface area (Å²) in [5, 5.41) is 0. The third-order valence-corrected chi connectivity index (χ3v) is 3.76. The number of nitrogen functional groups attached to an aromatic ring is 1. The third-order valence-electron chi connectivity index (χ3n) is 2.63. The molecule has 6 heteroatoms. The molecule has 2 N–H and O–H groups in total. The SMILES string of the molecule is Nc1cc(F)ccc1SCc1cn2cccnc2n1. The van der Waals surface area contributed by atoms with Gasteiger partial charge in [0.2, 0.25) is 5.78 Å². The van der Waals surface area contributed by atoms with Gasteiger partial charge in [-0.1, -0.05) is 0 Å². The number of hydrogen-bond donors (Lipinski definition) is 1. The lowest BCUT2D eigenvalue weighted by molar-refractivity contribution is 0.627. The normalized spacial score (nSPS) is 11.0. The van der Waals surface area contributed by atoms with Crippen molar-refractivity contribution in [1.29, 1.82) is 0 Å². The smallest absolute Gasteiger partial charge is 0.233 e. The number of imidazole rings is 1. The van der Waals surface area contributed by atoms with Gasteiger partial charge in [0, 0.05) is 34.9 Å². The molecule has 1 aromatic carbocycles. The van der Waals surface area contributed by atoms with Crippen LogP contribution in [0.1, 0.15) is 5.69 Å². The number of hydrogen-bond acceptors (Lipinski definition) is 4. The standard InChI is InChI=1S/C13H11FN4S/c14-9-2-3-12(11(15)6-9)19-8-10-7-18-5-1-4-16-13(18)17-10/h1-7H,8,15H2. The van der Waals surface area contributed by atoms with Crippen LogP contribution in [0.2, 0.25) is 0 Å². The molecule has 2 heterocycles. The lowest BCUT2D eigenvalue weighted by Crippen LogP contribution is -1.90. The number of thioether (sulfide) groups is 1. The third kappa shape index (κ3) is 2.53. The molecule has 0 saturated heterocycles. The Bertz CT molecular complexity index is 692. The van der Waals surface area contributed by atoms with Gasteiger partial charge in [-0.2, -0.15) is 0 Å². The van der Waals surface area contributed by atoms with E-state index in [0.29, 0.717) is 17.2 Å². The Morgan fingerprint density at radius 3 is 3.05 bits per heavy atom. The first-order valence-corrected chi connectivity index (χ1v) is 6.67. The van der Waals surface area contributed by atoms with E-state index in [2.05, 4.69) is 9.97 Å². The molecule has 0 aliphatic heterocycles. The molecule has 0 aliphatic rings. The Morgan fingerprint density at radius 2 is 2.26 bits per heavy atom. The molecule has 0 atom stereocenters. The molecular formula is C13H11FN4S. The number of anilines is 1. The lowest BCUT2D eigenvalue weighted by atomic mass is 10.3. The van der Waals surface area contributed by atoms with Crippen LogP contribution in [0.5, 0.6) is 0 Å². The van der Waals surface area contributed by atoms with Crippen molar-refractivity contribution in [2.24, 2.45) is 0 Å². The molecule has 2 aromatic heterocycles. The van der Waals surface area contributed by atoms with Crippen LogP contribution in [-0.4, -0.2) is 14.4 Å². The molecule has 0 radical (unpaired) electrons. The summed E-state index contributed by atoms with van der Waals surface area (Å²) in [5.41, 5.74) is 7.12. The first-order chi connectivity index (χ1) is 9.22. The largest absolute Gasteiger partial charge is 0.398 e. The second-order valence-electron chi connectivity index (χ2n) is 4.03. The Hall–Kier alpha value is -2.08. The molecule has 0 saturated carbocycles. The Balaban J connectivity index is 1.78. The van der Waals surface area contributed by atoms with Crippen LogP contribution >= 0.6 is 11.8 Å². The van der Waals surface area contributed by atoms with Crippen molar-refractivity contribution in [3.8, 4) is 0 Å². The molecule has 0 bridgehead atoms. The molecule has 0 aliphatic carbocycles. The van der Waals surface area contributed by atoms with E-state index in [1.807, 2.05) is 22.9 Å². The predicted octanol–water partition coefficient (Wildman–Crippen LogP) is 2.74. The molecular weight excluding hydrogens is 263 g/mol. The fraction of sp³-hybridized carbons (Fsp3) is 0.0769. The van der Waals surface area contributed by atoms with Gasteiger partial charge in [0.15, 0.2) is 0 Å². The van der Waals surface area contributed by atoms with Crippen molar-refractivity contribution < 1.29 is 4.39 Å². The summed E-state index contributed by atoms with van der Waals surface area (Å²) in [7, 11) is 0. The van der Waals surface area contributed by atoms with Crippen LogP contribution < -0.4 is 5.73 Å². The van der Waals surface area contributed by atoms with E-state index in [1.165, 1.54) is 23.9 Å².